The number of rotatable bonds is 9. The number of carbonyl (C=O) groups excluding carboxylic acids is 1. The van der Waals surface area contributed by atoms with Crippen LogP contribution in [0.15, 0.2) is 48.5 Å². The summed E-state index contributed by atoms with van der Waals surface area (Å²) in [7, 11) is 1.71. The number of hydrogen-bond donors (Lipinski definition) is 1. The number of hydrogen-bond acceptors (Lipinski definition) is 3. The number of nitrogens with one attached hydrogen (secondary N) is 1. The third-order valence-corrected chi connectivity index (χ3v) is 6.48. The molecule has 0 saturated carbocycles. The summed E-state index contributed by atoms with van der Waals surface area (Å²) in [5.74, 6) is 0.815. The van der Waals surface area contributed by atoms with E-state index >= 15 is 0 Å². The Hall–Kier alpha value is -1.89. The number of nitrogens with zero attached hydrogens (tertiary/aromatic N) is 1. The molecule has 29 heavy (non-hydrogen) atoms. The van der Waals surface area contributed by atoms with Gasteiger partial charge in [0.25, 0.3) is 5.91 Å². The van der Waals surface area contributed by atoms with Crippen molar-refractivity contribution in [1.29, 1.82) is 0 Å². The van der Waals surface area contributed by atoms with E-state index in [0.29, 0.717) is 13.2 Å². The van der Waals surface area contributed by atoms with E-state index < -0.39 is 0 Å². The number of benzene rings is 2. The van der Waals surface area contributed by atoms with E-state index in [4.69, 9.17) is 4.74 Å². The predicted octanol–water partition coefficient (Wildman–Crippen LogP) is 2.83. The number of amides is 1. The Morgan fingerprint density at radius 2 is 1.93 bits per heavy atom. The molecule has 2 atom stereocenters. The first kappa shape index (κ1) is 21.8. The molecule has 4 nitrogen and oxygen atoms in total. The Balaban J connectivity index is 1.67. The quantitative estimate of drug-likeness (QED) is 0.637. The second-order valence-corrected chi connectivity index (χ2v) is 8.74. The zero-order valence-electron chi connectivity index (χ0n) is 17.2. The molecular formula is C23H30FN2O2S+. The largest absolute Gasteiger partial charge is 0.384 e. The molecule has 3 rings (SSSR count). The van der Waals surface area contributed by atoms with E-state index in [1.165, 1.54) is 28.2 Å². The van der Waals surface area contributed by atoms with Gasteiger partial charge >= 0.3 is 0 Å². The van der Waals surface area contributed by atoms with Gasteiger partial charge in [-0.25, -0.2) is 4.39 Å². The molecule has 1 unspecified atom stereocenters. The van der Waals surface area contributed by atoms with E-state index in [0.717, 1.165) is 37.4 Å². The summed E-state index contributed by atoms with van der Waals surface area (Å²) in [6.07, 6.45) is 0.918. The number of halogens is 1. The Labute approximate surface area is 177 Å². The fourth-order valence-corrected chi connectivity index (χ4v) is 4.92. The van der Waals surface area contributed by atoms with Crippen LogP contribution in [0.25, 0.3) is 0 Å². The first-order valence-electron chi connectivity index (χ1n) is 10.1. The van der Waals surface area contributed by atoms with Gasteiger partial charge in [-0.1, -0.05) is 42.0 Å². The molecule has 1 aliphatic rings. The lowest BCUT2D eigenvalue weighted by atomic mass is 10.1. The van der Waals surface area contributed by atoms with E-state index in [1.807, 2.05) is 4.90 Å². The van der Waals surface area contributed by atoms with Gasteiger partial charge < -0.3 is 14.5 Å². The van der Waals surface area contributed by atoms with Crippen molar-refractivity contribution in [2.45, 2.75) is 25.3 Å². The van der Waals surface area contributed by atoms with Gasteiger partial charge in [-0.05, 0) is 24.6 Å². The fourth-order valence-electron chi connectivity index (χ4n) is 3.64. The van der Waals surface area contributed by atoms with E-state index in [2.05, 4.69) is 31.2 Å². The summed E-state index contributed by atoms with van der Waals surface area (Å²) in [4.78, 5) is 16.4. The van der Waals surface area contributed by atoms with Crippen molar-refractivity contribution in [2.75, 3.05) is 39.1 Å². The lowest BCUT2D eigenvalue weighted by molar-refractivity contribution is -0.906. The van der Waals surface area contributed by atoms with Crippen molar-refractivity contribution in [3.8, 4) is 0 Å². The van der Waals surface area contributed by atoms with Gasteiger partial charge in [0, 0.05) is 31.4 Å². The van der Waals surface area contributed by atoms with E-state index in [9.17, 15) is 9.18 Å². The molecule has 2 aromatic carbocycles. The van der Waals surface area contributed by atoms with Crippen LogP contribution in [-0.2, 0) is 16.1 Å². The van der Waals surface area contributed by atoms with Crippen molar-refractivity contribution >= 4 is 17.7 Å². The third kappa shape index (κ3) is 6.29. The molecular weight excluding hydrogens is 387 g/mol. The number of quaternary nitrogens is 1. The minimum Gasteiger partial charge on any atom is -0.384 e. The summed E-state index contributed by atoms with van der Waals surface area (Å²) in [6, 6.07) is 15.0. The van der Waals surface area contributed by atoms with Crippen molar-refractivity contribution in [3.05, 3.63) is 71.0 Å². The van der Waals surface area contributed by atoms with Crippen molar-refractivity contribution in [3.63, 3.8) is 0 Å². The van der Waals surface area contributed by atoms with E-state index in [1.54, 1.807) is 31.0 Å². The van der Waals surface area contributed by atoms with Crippen molar-refractivity contribution in [1.82, 2.24) is 4.90 Å². The lowest BCUT2D eigenvalue weighted by Gasteiger charge is -2.27. The maximum atomic E-state index is 13.3. The Morgan fingerprint density at radius 3 is 2.62 bits per heavy atom. The molecule has 1 saturated heterocycles. The standard InChI is InChI=1S/C23H29FN2O2S/c1-18-4-6-19(7-5-18)16-25(12-3-14-28-2)17-22(27)26-13-15-29-23(26)20-8-10-21(24)11-9-20/h4-11,23H,3,12-17H2,1-2H3/p+1/t23-/m0/s1. The summed E-state index contributed by atoms with van der Waals surface area (Å²) < 4.78 is 18.5. The van der Waals surface area contributed by atoms with Crippen LogP contribution in [0.5, 0.6) is 0 Å². The molecule has 1 amide bonds. The highest BCUT2D eigenvalue weighted by atomic mass is 32.2. The van der Waals surface area contributed by atoms with Gasteiger partial charge in [-0.15, -0.1) is 11.8 Å². The summed E-state index contributed by atoms with van der Waals surface area (Å²) in [5, 5.41) is -0.0253. The third-order valence-electron chi connectivity index (χ3n) is 5.22. The highest BCUT2D eigenvalue weighted by molar-refractivity contribution is 7.99. The first-order chi connectivity index (χ1) is 14.1. The molecule has 1 N–H and O–H groups in total. The SMILES string of the molecule is COCCC[NH+](CC(=O)N1CCS[C@H]1c1ccc(F)cc1)Cc1ccc(C)cc1. The van der Waals surface area contributed by atoms with Gasteiger partial charge in [0.2, 0.25) is 0 Å². The Kier molecular flexibility index (Phi) is 8.09. The van der Waals surface area contributed by atoms with Crippen LogP contribution >= 0.6 is 11.8 Å². The predicted molar refractivity (Wildman–Crippen MR) is 115 cm³/mol. The van der Waals surface area contributed by atoms with Crippen LogP contribution in [0, 0.1) is 12.7 Å². The molecule has 0 spiro atoms. The van der Waals surface area contributed by atoms with E-state index in [-0.39, 0.29) is 17.1 Å². The molecule has 1 fully saturated rings. The number of carbonyl (C=O) groups is 1. The molecule has 0 radical (unpaired) electrons. The Bertz CT molecular complexity index is 782. The number of methoxy groups -OCH3 is 1. The van der Waals surface area contributed by atoms with Gasteiger partial charge in [0.05, 0.1) is 13.2 Å². The van der Waals surface area contributed by atoms with Crippen LogP contribution in [-0.4, -0.2) is 49.9 Å². The minimum absolute atomic E-state index is 0.0253. The summed E-state index contributed by atoms with van der Waals surface area (Å²) in [6.45, 7) is 5.67. The average molecular weight is 418 g/mol. The monoisotopic (exact) mass is 417 g/mol. The molecule has 0 bridgehead atoms. The van der Waals surface area contributed by atoms with Crippen LogP contribution < -0.4 is 4.90 Å². The van der Waals surface area contributed by atoms with Gasteiger partial charge in [0.15, 0.2) is 6.54 Å². The number of ether oxygens (including phenoxy) is 1. The van der Waals surface area contributed by atoms with Crippen molar-refractivity contribution < 1.29 is 18.8 Å². The molecule has 1 heterocycles. The van der Waals surface area contributed by atoms with Crippen LogP contribution in [0.2, 0.25) is 0 Å². The van der Waals surface area contributed by atoms with Crippen LogP contribution in [0.1, 0.15) is 28.5 Å². The smallest absolute Gasteiger partial charge is 0.278 e. The van der Waals surface area contributed by atoms with Gasteiger partial charge in [0.1, 0.15) is 17.7 Å². The van der Waals surface area contributed by atoms with Crippen LogP contribution in [0.4, 0.5) is 4.39 Å². The zero-order valence-corrected chi connectivity index (χ0v) is 18.0. The average Bonchev–Trinajstić information content (AvgIpc) is 3.20. The molecule has 6 heteroatoms. The molecule has 0 aromatic heterocycles. The molecule has 1 aliphatic heterocycles. The molecule has 0 aliphatic carbocycles. The number of aryl methyl sites for hydroxylation is 1. The minimum atomic E-state index is -0.249. The fraction of sp³-hybridized carbons (Fsp3) is 0.435. The molecule has 156 valence electrons. The highest BCUT2D eigenvalue weighted by Crippen LogP contribution is 2.37. The second-order valence-electron chi connectivity index (χ2n) is 7.55. The van der Waals surface area contributed by atoms with Crippen molar-refractivity contribution in [2.24, 2.45) is 0 Å². The van der Waals surface area contributed by atoms with Gasteiger partial charge in [-0.3, -0.25) is 4.79 Å². The van der Waals surface area contributed by atoms with Gasteiger partial charge in [-0.2, -0.15) is 0 Å². The highest BCUT2D eigenvalue weighted by Gasteiger charge is 2.32. The topological polar surface area (TPSA) is 34.0 Å². The summed E-state index contributed by atoms with van der Waals surface area (Å²) >= 11 is 1.75. The van der Waals surface area contributed by atoms with Crippen LogP contribution in [0.3, 0.4) is 0 Å². The lowest BCUT2D eigenvalue weighted by Crippen LogP contribution is -3.12. The second kappa shape index (κ2) is 10.8. The molecule has 2 aromatic rings. The maximum absolute atomic E-state index is 13.3. The normalized spacial score (nSPS) is 17.5. The zero-order chi connectivity index (χ0) is 20.6. The Morgan fingerprint density at radius 1 is 1.21 bits per heavy atom. The first-order valence-corrected chi connectivity index (χ1v) is 11.2. The maximum Gasteiger partial charge on any atom is 0.278 e. The summed E-state index contributed by atoms with van der Waals surface area (Å²) in [5.41, 5.74) is 3.46. The number of thioether (sulfide) groups is 1.